The Labute approximate surface area is 101 Å². The van der Waals surface area contributed by atoms with Crippen molar-refractivity contribution in [1.82, 2.24) is 0 Å². The van der Waals surface area contributed by atoms with Crippen molar-refractivity contribution in [3.63, 3.8) is 0 Å². The molecule has 0 aliphatic rings. The van der Waals surface area contributed by atoms with Gasteiger partial charge in [0.2, 0.25) is 0 Å². The first-order chi connectivity index (χ1) is 8.57. The molecule has 0 radical (unpaired) electrons. The lowest BCUT2D eigenvalue weighted by atomic mass is 10.0. The molecule has 1 aromatic rings. The molecule has 0 heterocycles. The molecule has 1 rings (SSSR count). The SMILES string of the molecule is OB(OF)Oc1cccc(C(F)(F)F)c1C(F)(F)F. The van der Waals surface area contributed by atoms with Crippen LogP contribution in [0.3, 0.4) is 0 Å². The van der Waals surface area contributed by atoms with Crippen LogP contribution in [0.5, 0.6) is 5.75 Å². The second-order valence-corrected chi connectivity index (χ2v) is 3.19. The van der Waals surface area contributed by atoms with Crippen molar-refractivity contribution in [2.24, 2.45) is 0 Å². The molecule has 11 heteroatoms. The van der Waals surface area contributed by atoms with Crippen molar-refractivity contribution >= 4 is 7.32 Å². The van der Waals surface area contributed by atoms with Gasteiger partial charge in [0.05, 0.1) is 5.56 Å². The lowest BCUT2D eigenvalue weighted by Gasteiger charge is -2.19. The molecule has 0 aliphatic heterocycles. The number of halogens is 7. The Morgan fingerprint density at radius 1 is 1.00 bits per heavy atom. The fourth-order valence-corrected chi connectivity index (χ4v) is 1.28. The molecule has 0 atom stereocenters. The summed E-state index contributed by atoms with van der Waals surface area (Å²) < 4.78 is 90.5. The van der Waals surface area contributed by atoms with E-state index in [4.69, 9.17) is 5.02 Å². The van der Waals surface area contributed by atoms with Crippen molar-refractivity contribution in [2.75, 3.05) is 0 Å². The van der Waals surface area contributed by atoms with Crippen molar-refractivity contribution in [3.8, 4) is 5.75 Å². The first-order valence-electron chi connectivity index (χ1n) is 4.47. The Hall–Kier alpha value is -1.49. The molecule has 0 bridgehead atoms. The summed E-state index contributed by atoms with van der Waals surface area (Å²) in [5.74, 6) is -1.41. The van der Waals surface area contributed by atoms with Crippen molar-refractivity contribution in [3.05, 3.63) is 29.3 Å². The summed E-state index contributed by atoms with van der Waals surface area (Å²) in [5.41, 5.74) is -4.21. The first-order valence-corrected chi connectivity index (χ1v) is 4.47. The van der Waals surface area contributed by atoms with Crippen LogP contribution in [0.25, 0.3) is 0 Å². The highest BCUT2D eigenvalue weighted by molar-refractivity contribution is 6.35. The van der Waals surface area contributed by atoms with Gasteiger partial charge in [-0.1, -0.05) is 10.6 Å². The van der Waals surface area contributed by atoms with E-state index in [-0.39, 0.29) is 6.07 Å². The van der Waals surface area contributed by atoms with E-state index in [1.807, 2.05) is 0 Å². The number of rotatable bonds is 3. The smallest absolute Gasteiger partial charge is 0.510 e. The highest BCUT2D eigenvalue weighted by Crippen LogP contribution is 2.44. The molecule has 0 fully saturated rings. The second kappa shape index (κ2) is 5.25. The normalized spacial score (nSPS) is 12.4. The quantitative estimate of drug-likeness (QED) is 0.687. The molecule has 1 N–H and O–H groups in total. The van der Waals surface area contributed by atoms with Gasteiger partial charge in [-0.15, -0.1) is 0 Å². The highest BCUT2D eigenvalue weighted by atomic mass is 19.4. The van der Waals surface area contributed by atoms with Crippen LogP contribution in [0.4, 0.5) is 30.9 Å². The van der Waals surface area contributed by atoms with Crippen LogP contribution in [0, 0.1) is 0 Å². The Morgan fingerprint density at radius 3 is 2.00 bits per heavy atom. The summed E-state index contributed by atoms with van der Waals surface area (Å²) in [6.45, 7) is 0. The first kappa shape index (κ1) is 15.6. The van der Waals surface area contributed by atoms with Crippen LogP contribution in [0.1, 0.15) is 11.1 Å². The zero-order valence-corrected chi connectivity index (χ0v) is 8.72. The Bertz CT molecular complexity index is 445. The monoisotopic (exact) mass is 292 g/mol. The number of hydrogen-bond acceptors (Lipinski definition) is 3. The molecule has 0 unspecified atom stereocenters. The molecule has 106 valence electrons. The van der Waals surface area contributed by atoms with Crippen LogP contribution in [0.2, 0.25) is 0 Å². The van der Waals surface area contributed by atoms with E-state index in [9.17, 15) is 30.9 Å². The van der Waals surface area contributed by atoms with Gasteiger partial charge >= 0.3 is 19.7 Å². The maximum atomic E-state index is 12.6. The minimum atomic E-state index is -5.42. The number of alkyl halides is 6. The molecular weight excluding hydrogens is 288 g/mol. The van der Waals surface area contributed by atoms with E-state index in [1.165, 1.54) is 0 Å². The lowest BCUT2D eigenvalue weighted by molar-refractivity contribution is -0.163. The molecule has 0 spiro atoms. The highest BCUT2D eigenvalue weighted by Gasteiger charge is 2.46. The Kier molecular flexibility index (Phi) is 4.30. The van der Waals surface area contributed by atoms with E-state index in [2.05, 4.69) is 9.51 Å². The van der Waals surface area contributed by atoms with E-state index in [1.54, 1.807) is 0 Å². The van der Waals surface area contributed by atoms with E-state index < -0.39 is 36.6 Å². The Balaban J connectivity index is 3.40. The van der Waals surface area contributed by atoms with Gasteiger partial charge in [0.25, 0.3) is 0 Å². The third-order valence-electron chi connectivity index (χ3n) is 1.92. The molecule has 0 amide bonds. The van der Waals surface area contributed by atoms with Gasteiger partial charge in [0, 0.05) is 0 Å². The summed E-state index contributed by atoms with van der Waals surface area (Å²) in [7, 11) is -2.77. The van der Waals surface area contributed by atoms with Crippen molar-refractivity contribution in [1.29, 1.82) is 0 Å². The summed E-state index contributed by atoms with van der Waals surface area (Å²) in [4.78, 5) is 2.63. The molecular formula is C8H4BF7O3. The van der Waals surface area contributed by atoms with Crippen LogP contribution in [-0.4, -0.2) is 12.3 Å². The predicted octanol–water partition coefficient (Wildman–Crippen LogP) is 2.98. The van der Waals surface area contributed by atoms with Crippen LogP contribution < -0.4 is 4.65 Å². The number of hydrogen-bond donors (Lipinski definition) is 1. The molecule has 1 aromatic carbocycles. The Morgan fingerprint density at radius 2 is 1.58 bits per heavy atom. The third-order valence-corrected chi connectivity index (χ3v) is 1.92. The van der Waals surface area contributed by atoms with Gasteiger partial charge < -0.3 is 9.68 Å². The van der Waals surface area contributed by atoms with Gasteiger partial charge in [0.1, 0.15) is 11.3 Å². The third kappa shape index (κ3) is 3.74. The zero-order valence-electron chi connectivity index (χ0n) is 8.72. The fraction of sp³-hybridized carbons (Fsp3) is 0.250. The summed E-state index contributed by atoms with van der Waals surface area (Å²) in [6, 6.07) is 1.27. The number of benzene rings is 1. The van der Waals surface area contributed by atoms with Crippen LogP contribution in [-0.2, 0) is 17.2 Å². The molecule has 19 heavy (non-hydrogen) atoms. The zero-order chi connectivity index (χ0) is 14.8. The van der Waals surface area contributed by atoms with Gasteiger partial charge in [0.15, 0.2) is 0 Å². The summed E-state index contributed by atoms with van der Waals surface area (Å²) in [6.07, 6.45) is -10.7. The fourth-order valence-electron chi connectivity index (χ4n) is 1.28. The van der Waals surface area contributed by atoms with Crippen molar-refractivity contribution in [2.45, 2.75) is 12.4 Å². The van der Waals surface area contributed by atoms with Gasteiger partial charge in [-0.3, -0.25) is 0 Å². The van der Waals surface area contributed by atoms with Gasteiger partial charge in [-0.05, 0) is 12.1 Å². The van der Waals surface area contributed by atoms with E-state index in [0.29, 0.717) is 12.1 Å². The van der Waals surface area contributed by atoms with Crippen molar-refractivity contribution < 1.29 is 45.4 Å². The van der Waals surface area contributed by atoms with Gasteiger partial charge in [-0.25, -0.2) is 0 Å². The molecule has 0 saturated carbocycles. The molecule has 0 aliphatic carbocycles. The average Bonchev–Trinajstić information content (AvgIpc) is 2.25. The average molecular weight is 292 g/mol. The summed E-state index contributed by atoms with van der Waals surface area (Å²) in [5, 5.41) is 8.53. The van der Waals surface area contributed by atoms with Crippen LogP contribution >= 0.6 is 0 Å². The second-order valence-electron chi connectivity index (χ2n) is 3.19. The predicted molar refractivity (Wildman–Crippen MR) is 47.2 cm³/mol. The maximum absolute atomic E-state index is 12.6. The minimum Gasteiger partial charge on any atom is -0.510 e. The molecule has 0 aromatic heterocycles. The topological polar surface area (TPSA) is 38.7 Å². The van der Waals surface area contributed by atoms with Crippen LogP contribution in [0.15, 0.2) is 18.2 Å². The summed E-state index contributed by atoms with van der Waals surface area (Å²) >= 11 is 0. The standard InChI is InChI=1S/C8H4BF7O3/c10-7(11,12)4-2-1-3-5(18-9(17)19-16)6(4)8(13,14)15/h1-3,17H. The lowest BCUT2D eigenvalue weighted by Crippen LogP contribution is -2.26. The minimum absolute atomic E-state index is 0.179. The molecule has 3 nitrogen and oxygen atoms in total. The largest absolute Gasteiger partial charge is 0.743 e. The maximum Gasteiger partial charge on any atom is 0.743 e. The van der Waals surface area contributed by atoms with E-state index in [0.717, 1.165) is 0 Å². The molecule has 0 saturated heterocycles. The van der Waals surface area contributed by atoms with E-state index >= 15 is 0 Å². The van der Waals surface area contributed by atoms with Gasteiger partial charge in [-0.2, -0.15) is 31.2 Å².